The van der Waals surface area contributed by atoms with E-state index < -0.39 is 11.9 Å². The highest BCUT2D eigenvalue weighted by molar-refractivity contribution is 6.18. The van der Waals surface area contributed by atoms with Crippen LogP contribution in [0.5, 0.6) is 5.75 Å². The van der Waals surface area contributed by atoms with Crippen LogP contribution in [0.1, 0.15) is 36.6 Å². The maximum Gasteiger partial charge on any atom is 0.337 e. The van der Waals surface area contributed by atoms with Gasteiger partial charge in [0.1, 0.15) is 12.4 Å². The monoisotopic (exact) mass is 350 g/mol. The molecule has 0 saturated carbocycles. The first-order valence-corrected chi connectivity index (χ1v) is 8.18. The molecule has 0 bridgehead atoms. The first-order valence-electron chi connectivity index (χ1n) is 8.18. The zero-order valence-electron chi connectivity index (χ0n) is 14.4. The summed E-state index contributed by atoms with van der Waals surface area (Å²) in [6, 6.07) is 11.3. The number of esters is 1. The Hall–Kier alpha value is -3.21. The van der Waals surface area contributed by atoms with Crippen molar-refractivity contribution in [1.82, 2.24) is 0 Å². The molecule has 2 aromatic carbocycles. The van der Waals surface area contributed by atoms with Gasteiger partial charge in [0.25, 0.3) is 0 Å². The summed E-state index contributed by atoms with van der Waals surface area (Å²) >= 11 is 0. The van der Waals surface area contributed by atoms with E-state index >= 15 is 0 Å². The number of fused-ring (bicyclic) bond motifs is 1. The third kappa shape index (κ3) is 3.28. The van der Waals surface area contributed by atoms with Crippen molar-refractivity contribution in [1.29, 1.82) is 0 Å². The number of ether oxygens (including phenoxy) is 2. The van der Waals surface area contributed by atoms with E-state index in [1.807, 2.05) is 0 Å². The smallest absolute Gasteiger partial charge is 0.337 e. The molecule has 0 spiro atoms. The van der Waals surface area contributed by atoms with E-state index in [9.17, 15) is 14.4 Å². The topological polar surface area (TPSA) is 69.7 Å². The zero-order chi connectivity index (χ0) is 18.7. The third-order valence-electron chi connectivity index (χ3n) is 4.36. The minimum atomic E-state index is -0.747. The molecular formula is C21H18O5. The number of rotatable bonds is 6. The Kier molecular flexibility index (Phi) is 4.98. The number of benzene rings is 2. The van der Waals surface area contributed by atoms with Gasteiger partial charge < -0.3 is 9.47 Å². The summed E-state index contributed by atoms with van der Waals surface area (Å²) in [5.41, 5.74) is 2.11. The number of carbonyl (C=O) groups is 3. The van der Waals surface area contributed by atoms with Crippen LogP contribution < -0.4 is 4.74 Å². The quantitative estimate of drug-likeness (QED) is 0.346. The average molecular weight is 350 g/mol. The van der Waals surface area contributed by atoms with Gasteiger partial charge in [-0.2, -0.15) is 0 Å². The Morgan fingerprint density at radius 3 is 2.50 bits per heavy atom. The molecule has 2 aromatic rings. The fourth-order valence-electron chi connectivity index (χ4n) is 3.03. The molecule has 3 rings (SSSR count). The SMILES string of the molecule is C=CCOc1ccc2c(c1)CC(C(=O)c1ccc(C(=O)OC)cc1)C2=O. The minimum Gasteiger partial charge on any atom is -0.490 e. The van der Waals surface area contributed by atoms with E-state index in [-0.39, 0.29) is 11.6 Å². The molecule has 1 aliphatic rings. The molecule has 5 heteroatoms. The van der Waals surface area contributed by atoms with Crippen molar-refractivity contribution >= 4 is 17.5 Å². The van der Waals surface area contributed by atoms with Gasteiger partial charge in [0.2, 0.25) is 0 Å². The maximum atomic E-state index is 12.8. The summed E-state index contributed by atoms with van der Waals surface area (Å²) in [5.74, 6) is -1.01. The standard InChI is InChI=1S/C21H18O5/c1-3-10-26-16-8-9-17-15(11-16)12-18(20(17)23)19(22)13-4-6-14(7-5-13)21(24)25-2/h3-9,11,18H,1,10,12H2,2H3. The first kappa shape index (κ1) is 17.6. The fraction of sp³-hybridized carbons (Fsp3) is 0.190. The van der Waals surface area contributed by atoms with E-state index in [1.54, 1.807) is 36.4 Å². The summed E-state index contributed by atoms with van der Waals surface area (Å²) in [6.07, 6.45) is 1.99. The molecule has 132 valence electrons. The molecule has 0 amide bonds. The molecular weight excluding hydrogens is 332 g/mol. The number of Topliss-reactive ketones (excluding diaryl/α,β-unsaturated/α-hetero) is 2. The van der Waals surface area contributed by atoms with E-state index in [4.69, 9.17) is 4.74 Å². The van der Waals surface area contributed by atoms with Crippen LogP contribution in [0, 0.1) is 5.92 Å². The van der Waals surface area contributed by atoms with Gasteiger partial charge >= 0.3 is 5.97 Å². The molecule has 0 N–H and O–H groups in total. The largest absolute Gasteiger partial charge is 0.490 e. The molecule has 26 heavy (non-hydrogen) atoms. The Balaban J connectivity index is 1.79. The Bertz CT molecular complexity index is 880. The molecule has 5 nitrogen and oxygen atoms in total. The van der Waals surface area contributed by atoms with E-state index in [2.05, 4.69) is 11.3 Å². The number of hydrogen-bond acceptors (Lipinski definition) is 5. The van der Waals surface area contributed by atoms with Gasteiger partial charge in [-0.3, -0.25) is 9.59 Å². The van der Waals surface area contributed by atoms with Gasteiger partial charge in [-0.1, -0.05) is 24.8 Å². The van der Waals surface area contributed by atoms with Crippen molar-refractivity contribution < 1.29 is 23.9 Å². The Labute approximate surface area is 151 Å². The zero-order valence-corrected chi connectivity index (χ0v) is 14.4. The van der Waals surface area contributed by atoms with Crippen molar-refractivity contribution in [3.63, 3.8) is 0 Å². The van der Waals surface area contributed by atoms with Crippen molar-refractivity contribution in [2.45, 2.75) is 6.42 Å². The molecule has 1 aliphatic carbocycles. The second-order valence-corrected chi connectivity index (χ2v) is 5.97. The summed E-state index contributed by atoms with van der Waals surface area (Å²) < 4.78 is 10.1. The van der Waals surface area contributed by atoms with Crippen LogP contribution in [0.15, 0.2) is 55.1 Å². The number of carbonyl (C=O) groups excluding carboxylic acids is 3. The number of methoxy groups -OCH3 is 1. The number of ketones is 2. The van der Waals surface area contributed by atoms with Crippen LogP contribution in [0.25, 0.3) is 0 Å². The van der Waals surface area contributed by atoms with Gasteiger partial charge in [0.05, 0.1) is 18.6 Å². The summed E-state index contributed by atoms with van der Waals surface area (Å²) in [7, 11) is 1.29. The number of hydrogen-bond donors (Lipinski definition) is 0. The van der Waals surface area contributed by atoms with Crippen molar-refractivity contribution in [2.24, 2.45) is 5.92 Å². The fourth-order valence-corrected chi connectivity index (χ4v) is 3.03. The average Bonchev–Trinajstić information content (AvgIpc) is 3.01. The maximum absolute atomic E-state index is 12.8. The van der Waals surface area contributed by atoms with Gasteiger partial charge in [-0.05, 0) is 42.3 Å². The molecule has 0 aliphatic heterocycles. The van der Waals surface area contributed by atoms with Crippen LogP contribution in [-0.4, -0.2) is 31.3 Å². The Morgan fingerprint density at radius 2 is 1.85 bits per heavy atom. The first-order chi connectivity index (χ1) is 12.5. The van der Waals surface area contributed by atoms with E-state index in [1.165, 1.54) is 19.2 Å². The molecule has 1 unspecified atom stereocenters. The van der Waals surface area contributed by atoms with Gasteiger partial charge in [0, 0.05) is 11.1 Å². The van der Waals surface area contributed by atoms with Crippen molar-refractivity contribution in [2.75, 3.05) is 13.7 Å². The molecule has 0 saturated heterocycles. The van der Waals surface area contributed by atoms with Crippen LogP contribution in [0.4, 0.5) is 0 Å². The van der Waals surface area contributed by atoms with Gasteiger partial charge in [-0.25, -0.2) is 4.79 Å². The lowest BCUT2D eigenvalue weighted by atomic mass is 9.93. The summed E-state index contributed by atoms with van der Waals surface area (Å²) in [4.78, 5) is 36.8. The second kappa shape index (κ2) is 7.35. The summed E-state index contributed by atoms with van der Waals surface area (Å²) in [6.45, 7) is 3.98. The van der Waals surface area contributed by atoms with Crippen LogP contribution >= 0.6 is 0 Å². The van der Waals surface area contributed by atoms with Crippen molar-refractivity contribution in [3.05, 3.63) is 77.4 Å². The molecule has 0 fully saturated rings. The highest BCUT2D eigenvalue weighted by Crippen LogP contribution is 2.32. The van der Waals surface area contributed by atoms with Crippen molar-refractivity contribution in [3.8, 4) is 5.75 Å². The highest BCUT2D eigenvalue weighted by Gasteiger charge is 2.36. The second-order valence-electron chi connectivity index (χ2n) is 5.97. The summed E-state index contributed by atoms with van der Waals surface area (Å²) in [5, 5.41) is 0. The third-order valence-corrected chi connectivity index (χ3v) is 4.36. The van der Waals surface area contributed by atoms with Crippen LogP contribution in [0.3, 0.4) is 0 Å². The lowest BCUT2D eigenvalue weighted by Crippen LogP contribution is -2.21. The van der Waals surface area contributed by atoms with Gasteiger partial charge in [-0.15, -0.1) is 0 Å². The normalized spacial score (nSPS) is 15.3. The van der Waals surface area contributed by atoms with E-state index in [0.717, 1.165) is 5.56 Å². The predicted octanol–water partition coefficient (Wildman–Crippen LogP) is 3.28. The van der Waals surface area contributed by atoms with Crippen LogP contribution in [0.2, 0.25) is 0 Å². The minimum absolute atomic E-state index is 0.183. The molecule has 0 aromatic heterocycles. The molecule has 0 radical (unpaired) electrons. The van der Waals surface area contributed by atoms with E-state index in [0.29, 0.717) is 35.5 Å². The molecule has 0 heterocycles. The lowest BCUT2D eigenvalue weighted by molar-refractivity contribution is 0.0599. The van der Waals surface area contributed by atoms with Gasteiger partial charge in [0.15, 0.2) is 11.6 Å². The highest BCUT2D eigenvalue weighted by atomic mass is 16.5. The van der Waals surface area contributed by atoms with Crippen LogP contribution in [-0.2, 0) is 11.2 Å². The predicted molar refractivity (Wildman–Crippen MR) is 95.8 cm³/mol. The molecule has 1 atom stereocenters. The Morgan fingerprint density at radius 1 is 1.15 bits per heavy atom. The lowest BCUT2D eigenvalue weighted by Gasteiger charge is -2.07.